The molecule has 1 aliphatic rings. The fraction of sp³-hybridized carbons (Fsp3) is 0.467. The molecule has 0 aliphatic carbocycles. The molecule has 1 aliphatic heterocycles. The van der Waals surface area contributed by atoms with Crippen molar-refractivity contribution in [3.63, 3.8) is 0 Å². The van der Waals surface area contributed by atoms with E-state index in [0.29, 0.717) is 37.4 Å². The Hall–Kier alpha value is -2.08. The minimum absolute atomic E-state index is 0.00802. The maximum Gasteiger partial charge on any atom is 0.254 e. The maximum atomic E-state index is 12.5. The lowest BCUT2D eigenvalue weighted by Gasteiger charge is -2.35. The van der Waals surface area contributed by atoms with Crippen molar-refractivity contribution in [2.45, 2.75) is 6.92 Å². The van der Waals surface area contributed by atoms with E-state index in [9.17, 15) is 9.59 Å². The predicted octanol–water partition coefficient (Wildman–Crippen LogP) is 0.508. The van der Waals surface area contributed by atoms with Gasteiger partial charge in [0.15, 0.2) is 0 Å². The molecule has 2 N–H and O–H groups in total. The molecule has 0 bridgehead atoms. The maximum absolute atomic E-state index is 12.5. The van der Waals surface area contributed by atoms with Gasteiger partial charge in [-0.3, -0.25) is 9.59 Å². The number of anilines is 1. The number of nitrogens with zero attached hydrogens (tertiary/aromatic N) is 2. The largest absolute Gasteiger partial charge is 0.399 e. The molecule has 2 rings (SSSR count). The van der Waals surface area contributed by atoms with Gasteiger partial charge in [-0.25, -0.2) is 0 Å². The number of nitrogens with two attached hydrogens (primary N) is 1. The van der Waals surface area contributed by atoms with Crippen molar-refractivity contribution in [3.8, 4) is 0 Å². The third-order valence-corrected chi connectivity index (χ3v) is 3.67. The average molecular weight is 291 g/mol. The number of benzene rings is 1. The summed E-state index contributed by atoms with van der Waals surface area (Å²) < 4.78 is 4.84. The monoisotopic (exact) mass is 291 g/mol. The smallest absolute Gasteiger partial charge is 0.254 e. The number of ether oxygens (including phenoxy) is 1. The first-order valence-electron chi connectivity index (χ1n) is 6.95. The van der Waals surface area contributed by atoms with Gasteiger partial charge in [0.05, 0.1) is 0 Å². The molecule has 1 saturated heterocycles. The summed E-state index contributed by atoms with van der Waals surface area (Å²) >= 11 is 0. The van der Waals surface area contributed by atoms with E-state index in [1.807, 2.05) is 6.92 Å². The molecule has 0 aromatic heterocycles. The number of rotatable bonds is 3. The predicted molar refractivity (Wildman–Crippen MR) is 80.0 cm³/mol. The van der Waals surface area contributed by atoms with E-state index in [-0.39, 0.29) is 18.4 Å². The van der Waals surface area contributed by atoms with Crippen molar-refractivity contribution in [1.29, 1.82) is 0 Å². The Labute approximate surface area is 124 Å². The van der Waals surface area contributed by atoms with Gasteiger partial charge < -0.3 is 20.3 Å². The molecule has 6 heteroatoms. The van der Waals surface area contributed by atoms with Crippen LogP contribution in [0.3, 0.4) is 0 Å². The van der Waals surface area contributed by atoms with Crippen LogP contribution in [-0.2, 0) is 9.53 Å². The second-order valence-electron chi connectivity index (χ2n) is 5.18. The molecular weight excluding hydrogens is 270 g/mol. The summed E-state index contributed by atoms with van der Waals surface area (Å²) in [4.78, 5) is 27.7. The van der Waals surface area contributed by atoms with E-state index in [0.717, 1.165) is 5.56 Å². The van der Waals surface area contributed by atoms with Crippen LogP contribution < -0.4 is 5.73 Å². The van der Waals surface area contributed by atoms with Crippen molar-refractivity contribution < 1.29 is 14.3 Å². The average Bonchev–Trinajstić information content (AvgIpc) is 2.47. The summed E-state index contributed by atoms with van der Waals surface area (Å²) in [6.07, 6.45) is 0. The van der Waals surface area contributed by atoms with Gasteiger partial charge in [-0.15, -0.1) is 0 Å². The number of carbonyl (C=O) groups excluding carboxylic acids is 2. The Bertz CT molecular complexity index is 537. The molecule has 1 aromatic rings. The zero-order chi connectivity index (χ0) is 15.4. The van der Waals surface area contributed by atoms with E-state index in [1.54, 1.807) is 28.0 Å². The standard InChI is InChI=1S/C15H21N3O3/c1-11-9-12(16)3-4-13(11)15(20)18-7-5-17(6-8-18)14(19)10-21-2/h3-4,9H,5-8,10,16H2,1-2H3. The highest BCUT2D eigenvalue weighted by atomic mass is 16.5. The van der Waals surface area contributed by atoms with E-state index < -0.39 is 0 Å². The molecule has 6 nitrogen and oxygen atoms in total. The fourth-order valence-electron chi connectivity index (χ4n) is 2.47. The minimum atomic E-state index is -0.0340. The van der Waals surface area contributed by atoms with Crippen LogP contribution in [-0.4, -0.2) is 61.5 Å². The first-order valence-corrected chi connectivity index (χ1v) is 6.95. The van der Waals surface area contributed by atoms with E-state index in [4.69, 9.17) is 10.5 Å². The van der Waals surface area contributed by atoms with Crippen LogP contribution in [0.15, 0.2) is 18.2 Å². The van der Waals surface area contributed by atoms with Crippen LogP contribution in [0.2, 0.25) is 0 Å². The van der Waals surface area contributed by atoms with Crippen molar-refractivity contribution >= 4 is 17.5 Å². The zero-order valence-electron chi connectivity index (χ0n) is 12.5. The number of aryl methyl sites for hydroxylation is 1. The summed E-state index contributed by atoms with van der Waals surface area (Å²) in [5.41, 5.74) is 7.90. The van der Waals surface area contributed by atoms with Crippen molar-refractivity contribution in [2.75, 3.05) is 45.6 Å². The summed E-state index contributed by atoms with van der Waals surface area (Å²) in [6.45, 7) is 4.13. The first-order chi connectivity index (χ1) is 10.0. The first kappa shape index (κ1) is 15.3. The van der Waals surface area contributed by atoms with Crippen LogP contribution in [0, 0.1) is 6.92 Å². The van der Waals surface area contributed by atoms with Gasteiger partial charge >= 0.3 is 0 Å². The summed E-state index contributed by atoms with van der Waals surface area (Å²) in [5.74, 6) is -0.0420. The Kier molecular flexibility index (Phi) is 4.80. The molecule has 114 valence electrons. The molecule has 0 saturated carbocycles. The summed E-state index contributed by atoms with van der Waals surface area (Å²) in [6, 6.07) is 5.29. The third kappa shape index (κ3) is 3.52. The van der Waals surface area contributed by atoms with Crippen LogP contribution in [0.5, 0.6) is 0 Å². The lowest BCUT2D eigenvalue weighted by Crippen LogP contribution is -2.51. The molecule has 0 unspecified atom stereocenters. The Morgan fingerprint density at radius 3 is 2.38 bits per heavy atom. The van der Waals surface area contributed by atoms with E-state index in [2.05, 4.69) is 0 Å². The van der Waals surface area contributed by atoms with Gasteiger partial charge in [0.2, 0.25) is 5.91 Å². The van der Waals surface area contributed by atoms with Crippen LogP contribution in [0.25, 0.3) is 0 Å². The molecule has 1 fully saturated rings. The number of piperazine rings is 1. The quantitative estimate of drug-likeness (QED) is 0.823. The second-order valence-corrected chi connectivity index (χ2v) is 5.18. The summed E-state index contributed by atoms with van der Waals surface area (Å²) in [7, 11) is 1.50. The minimum Gasteiger partial charge on any atom is -0.399 e. The zero-order valence-corrected chi connectivity index (χ0v) is 12.5. The topological polar surface area (TPSA) is 75.9 Å². The van der Waals surface area contributed by atoms with Gasteiger partial charge in [-0.2, -0.15) is 0 Å². The second kappa shape index (κ2) is 6.58. The molecule has 2 amide bonds. The highest BCUT2D eigenvalue weighted by Crippen LogP contribution is 2.16. The molecule has 1 heterocycles. The number of amides is 2. The number of carbonyl (C=O) groups is 2. The van der Waals surface area contributed by atoms with Gasteiger partial charge in [0.1, 0.15) is 6.61 Å². The van der Waals surface area contributed by atoms with Crippen LogP contribution in [0.4, 0.5) is 5.69 Å². The Morgan fingerprint density at radius 2 is 1.81 bits per heavy atom. The normalized spacial score (nSPS) is 15.1. The molecular formula is C15H21N3O3. The molecule has 1 aromatic carbocycles. The number of hydrogen-bond donors (Lipinski definition) is 1. The van der Waals surface area contributed by atoms with E-state index >= 15 is 0 Å². The lowest BCUT2D eigenvalue weighted by molar-refractivity contribution is -0.136. The highest BCUT2D eigenvalue weighted by Gasteiger charge is 2.25. The number of methoxy groups -OCH3 is 1. The molecule has 0 atom stereocenters. The van der Waals surface area contributed by atoms with Crippen LogP contribution in [0.1, 0.15) is 15.9 Å². The Morgan fingerprint density at radius 1 is 1.19 bits per heavy atom. The summed E-state index contributed by atoms with van der Waals surface area (Å²) in [5, 5.41) is 0. The van der Waals surface area contributed by atoms with Gasteiger partial charge in [-0.05, 0) is 30.7 Å². The fourth-order valence-corrected chi connectivity index (χ4v) is 2.47. The van der Waals surface area contributed by atoms with Gasteiger partial charge in [-0.1, -0.05) is 0 Å². The van der Waals surface area contributed by atoms with Crippen LogP contribution >= 0.6 is 0 Å². The molecule has 0 radical (unpaired) electrons. The van der Waals surface area contributed by atoms with Crippen molar-refractivity contribution in [1.82, 2.24) is 9.80 Å². The Balaban J connectivity index is 1.98. The number of nitrogen functional groups attached to an aromatic ring is 1. The van der Waals surface area contributed by atoms with Gasteiger partial charge in [0.25, 0.3) is 5.91 Å². The van der Waals surface area contributed by atoms with Gasteiger partial charge in [0, 0.05) is 44.5 Å². The SMILES string of the molecule is COCC(=O)N1CCN(C(=O)c2ccc(N)cc2C)CC1. The molecule has 0 spiro atoms. The van der Waals surface area contributed by atoms with E-state index in [1.165, 1.54) is 7.11 Å². The third-order valence-electron chi connectivity index (χ3n) is 3.67. The molecule has 21 heavy (non-hydrogen) atoms. The highest BCUT2D eigenvalue weighted by molar-refractivity contribution is 5.96. The van der Waals surface area contributed by atoms with Crippen molar-refractivity contribution in [3.05, 3.63) is 29.3 Å². The number of hydrogen-bond acceptors (Lipinski definition) is 4. The lowest BCUT2D eigenvalue weighted by atomic mass is 10.1. The van der Waals surface area contributed by atoms with Crippen molar-refractivity contribution in [2.24, 2.45) is 0 Å².